The van der Waals surface area contributed by atoms with E-state index >= 15 is 0 Å². The highest BCUT2D eigenvalue weighted by Gasteiger charge is 2.10. The summed E-state index contributed by atoms with van der Waals surface area (Å²) in [6.45, 7) is 3.73. The van der Waals surface area contributed by atoms with Gasteiger partial charge in [-0.15, -0.1) is 5.10 Å². The third-order valence-electron chi connectivity index (χ3n) is 3.83. The third-order valence-corrected chi connectivity index (χ3v) is 5.00. The van der Waals surface area contributed by atoms with Gasteiger partial charge in [0.05, 0.1) is 22.5 Å². The first-order valence-corrected chi connectivity index (χ1v) is 9.40. The molecule has 0 bridgehead atoms. The van der Waals surface area contributed by atoms with Gasteiger partial charge in [-0.3, -0.25) is 5.43 Å². The predicted molar refractivity (Wildman–Crippen MR) is 118 cm³/mol. The Hall–Kier alpha value is -3.52. The van der Waals surface area contributed by atoms with Gasteiger partial charge in [0.1, 0.15) is 0 Å². The van der Waals surface area contributed by atoms with E-state index in [0.29, 0.717) is 10.8 Å². The van der Waals surface area contributed by atoms with Crippen LogP contribution >= 0.6 is 11.3 Å². The second-order valence-electron chi connectivity index (χ2n) is 6.00. The summed E-state index contributed by atoms with van der Waals surface area (Å²) in [5, 5.41) is 12.6. The zero-order valence-corrected chi connectivity index (χ0v) is 16.4. The van der Waals surface area contributed by atoms with E-state index in [1.54, 1.807) is 6.21 Å². The first-order valence-electron chi connectivity index (χ1n) is 8.58. The van der Waals surface area contributed by atoms with Crippen molar-refractivity contribution in [1.82, 2.24) is 4.98 Å². The van der Waals surface area contributed by atoms with Crippen molar-refractivity contribution >= 4 is 34.4 Å². The molecule has 28 heavy (non-hydrogen) atoms. The van der Waals surface area contributed by atoms with E-state index in [1.807, 2.05) is 44.2 Å². The van der Waals surface area contributed by atoms with Gasteiger partial charge in [0.25, 0.3) is 0 Å². The maximum absolute atomic E-state index is 5.30. The molecule has 0 unspecified atom stereocenters. The van der Waals surface area contributed by atoms with Gasteiger partial charge in [-0.25, -0.2) is 4.98 Å². The number of anilines is 1. The molecule has 0 aliphatic carbocycles. The fraction of sp³-hybridized carbons (Fsp3) is 0.100. The van der Waals surface area contributed by atoms with E-state index in [2.05, 4.69) is 50.0 Å². The lowest BCUT2D eigenvalue weighted by molar-refractivity contribution is 1.18. The lowest BCUT2D eigenvalue weighted by Crippen LogP contribution is -2.22. The number of benzene rings is 2. The van der Waals surface area contributed by atoms with Crippen molar-refractivity contribution in [2.24, 2.45) is 26.8 Å². The smallest absolute Gasteiger partial charge is 0.211 e. The van der Waals surface area contributed by atoms with Crippen LogP contribution in [-0.2, 0) is 0 Å². The SMILES string of the molecule is C/C(=N\N=C(N)N)c1sc(N/N=C/c2ccc(-c3ccccc3)cc2)nc1C. The van der Waals surface area contributed by atoms with Crippen LogP contribution in [0.3, 0.4) is 0 Å². The molecule has 3 rings (SSSR count). The van der Waals surface area contributed by atoms with Crippen molar-refractivity contribution in [1.29, 1.82) is 0 Å². The van der Waals surface area contributed by atoms with Crippen molar-refractivity contribution in [3.8, 4) is 11.1 Å². The number of aromatic nitrogens is 1. The summed E-state index contributed by atoms with van der Waals surface area (Å²) < 4.78 is 0. The lowest BCUT2D eigenvalue weighted by Gasteiger charge is -2.01. The number of rotatable bonds is 6. The Kier molecular flexibility index (Phi) is 6.13. The molecular weight excluding hydrogens is 370 g/mol. The van der Waals surface area contributed by atoms with Gasteiger partial charge in [0.15, 0.2) is 0 Å². The molecule has 2 aromatic carbocycles. The van der Waals surface area contributed by atoms with Crippen LogP contribution in [0.5, 0.6) is 0 Å². The summed E-state index contributed by atoms with van der Waals surface area (Å²) in [4.78, 5) is 5.34. The van der Waals surface area contributed by atoms with Crippen molar-refractivity contribution in [2.45, 2.75) is 13.8 Å². The average Bonchev–Trinajstić information content (AvgIpc) is 3.08. The normalized spacial score (nSPS) is 11.6. The maximum atomic E-state index is 5.30. The fourth-order valence-electron chi connectivity index (χ4n) is 2.51. The van der Waals surface area contributed by atoms with Crippen molar-refractivity contribution in [3.05, 3.63) is 70.7 Å². The Morgan fingerprint density at radius 2 is 1.68 bits per heavy atom. The number of thiazole rings is 1. The van der Waals surface area contributed by atoms with Crippen LogP contribution in [0.2, 0.25) is 0 Å². The number of hydrogen-bond acceptors (Lipinski definition) is 6. The molecule has 142 valence electrons. The zero-order valence-electron chi connectivity index (χ0n) is 15.6. The van der Waals surface area contributed by atoms with Gasteiger partial charge in [-0.2, -0.15) is 10.2 Å². The molecule has 0 saturated carbocycles. The van der Waals surface area contributed by atoms with Crippen LogP contribution in [0.25, 0.3) is 11.1 Å². The molecular formula is C20H21N7S. The topological polar surface area (TPSA) is 114 Å². The number of hydrogen-bond donors (Lipinski definition) is 3. The Labute approximate surface area is 167 Å². The first-order chi connectivity index (χ1) is 13.5. The number of nitrogens with one attached hydrogen (secondary N) is 1. The van der Waals surface area contributed by atoms with Crippen LogP contribution in [0.4, 0.5) is 5.13 Å². The van der Waals surface area contributed by atoms with E-state index in [4.69, 9.17) is 11.5 Å². The monoisotopic (exact) mass is 391 g/mol. The minimum Gasteiger partial charge on any atom is -0.369 e. The molecule has 0 spiro atoms. The fourth-order valence-corrected chi connectivity index (χ4v) is 3.37. The molecule has 1 heterocycles. The Morgan fingerprint density at radius 1 is 1.00 bits per heavy atom. The second kappa shape index (κ2) is 8.92. The van der Waals surface area contributed by atoms with Crippen molar-refractivity contribution in [3.63, 3.8) is 0 Å². The molecule has 3 aromatic rings. The Morgan fingerprint density at radius 3 is 2.36 bits per heavy atom. The van der Waals surface area contributed by atoms with Crippen LogP contribution in [-0.4, -0.2) is 22.9 Å². The summed E-state index contributed by atoms with van der Waals surface area (Å²) in [5.41, 5.74) is 18.4. The number of aryl methyl sites for hydroxylation is 1. The molecule has 8 heteroatoms. The highest BCUT2D eigenvalue weighted by atomic mass is 32.1. The Bertz CT molecular complexity index is 1010. The van der Waals surface area contributed by atoms with Crippen molar-refractivity contribution in [2.75, 3.05) is 5.43 Å². The van der Waals surface area contributed by atoms with E-state index in [1.165, 1.54) is 22.5 Å². The zero-order chi connectivity index (χ0) is 19.9. The summed E-state index contributed by atoms with van der Waals surface area (Å²) in [6, 6.07) is 18.5. The molecule has 5 N–H and O–H groups in total. The van der Waals surface area contributed by atoms with E-state index in [9.17, 15) is 0 Å². The summed E-state index contributed by atoms with van der Waals surface area (Å²) in [7, 11) is 0. The average molecular weight is 392 g/mol. The maximum Gasteiger partial charge on any atom is 0.211 e. The summed E-state index contributed by atoms with van der Waals surface area (Å²) >= 11 is 1.44. The first kappa shape index (κ1) is 19.2. The molecule has 0 fully saturated rings. The number of nitrogens with zero attached hydrogens (tertiary/aromatic N) is 4. The van der Waals surface area contributed by atoms with E-state index < -0.39 is 0 Å². The minimum absolute atomic E-state index is 0.0808. The molecule has 0 aliphatic rings. The van der Waals surface area contributed by atoms with Crippen LogP contribution in [0.15, 0.2) is 69.9 Å². The third kappa shape index (κ3) is 5.01. The standard InChI is InChI=1S/C20H21N7S/c1-13-18(14(2)25-26-19(21)22)28-20(24-13)27-23-12-15-8-10-17(11-9-15)16-6-4-3-5-7-16/h3-12H,1-2H3,(H,24,27)(H4,21,22,26)/b23-12+,25-14+. The molecule has 0 saturated heterocycles. The minimum atomic E-state index is -0.0808. The lowest BCUT2D eigenvalue weighted by atomic mass is 10.0. The number of hydrazone groups is 1. The molecule has 0 amide bonds. The van der Waals surface area contributed by atoms with Gasteiger partial charge < -0.3 is 11.5 Å². The number of guanidine groups is 1. The van der Waals surface area contributed by atoms with Gasteiger partial charge in [-0.05, 0) is 30.5 Å². The number of nitrogens with two attached hydrogens (primary N) is 2. The quantitative estimate of drug-likeness (QED) is 0.338. The Balaban J connectivity index is 1.66. The highest BCUT2D eigenvalue weighted by molar-refractivity contribution is 7.17. The van der Waals surface area contributed by atoms with E-state index in [0.717, 1.165) is 16.1 Å². The molecule has 1 aromatic heterocycles. The van der Waals surface area contributed by atoms with Gasteiger partial charge in [0, 0.05) is 0 Å². The largest absolute Gasteiger partial charge is 0.369 e. The van der Waals surface area contributed by atoms with Gasteiger partial charge in [0.2, 0.25) is 11.1 Å². The van der Waals surface area contributed by atoms with Gasteiger partial charge >= 0.3 is 0 Å². The van der Waals surface area contributed by atoms with Gasteiger partial charge in [-0.1, -0.05) is 65.9 Å². The van der Waals surface area contributed by atoms with Crippen LogP contribution in [0, 0.1) is 6.92 Å². The molecule has 7 nitrogen and oxygen atoms in total. The molecule has 0 atom stereocenters. The van der Waals surface area contributed by atoms with Crippen molar-refractivity contribution < 1.29 is 0 Å². The predicted octanol–water partition coefficient (Wildman–Crippen LogP) is 3.56. The van der Waals surface area contributed by atoms with Crippen LogP contribution < -0.4 is 16.9 Å². The summed E-state index contributed by atoms with van der Waals surface area (Å²) in [5.74, 6) is -0.0808. The van der Waals surface area contributed by atoms with E-state index in [-0.39, 0.29) is 5.96 Å². The highest BCUT2D eigenvalue weighted by Crippen LogP contribution is 2.23. The molecule has 0 aliphatic heterocycles. The molecule has 0 radical (unpaired) electrons. The summed E-state index contributed by atoms with van der Waals surface area (Å²) in [6.07, 6.45) is 1.76. The van der Waals surface area contributed by atoms with Crippen LogP contribution in [0.1, 0.15) is 23.1 Å². The second-order valence-corrected chi connectivity index (χ2v) is 7.00.